The number of nitrogens with one attached hydrogen (secondary N) is 1. The van der Waals surface area contributed by atoms with Gasteiger partial charge in [-0.2, -0.15) is 0 Å². The van der Waals surface area contributed by atoms with Gasteiger partial charge in [0.2, 0.25) is 5.91 Å². The Morgan fingerprint density at radius 2 is 1.93 bits per heavy atom. The number of carbonyl (C=O) groups excluding carboxylic acids is 1. The standard InChI is InChI=1S/C11H24N2O2/c1-13(2)9-6-8-12-11(15)7-4-3-5-10-14/h14H,3-10H2,1-2H3,(H,12,15). The molecule has 0 aromatic heterocycles. The molecule has 4 nitrogen and oxygen atoms in total. The predicted octanol–water partition coefficient (Wildman–Crippen LogP) is 0.607. The Bertz CT molecular complexity index is 161. The molecule has 0 heterocycles. The molecule has 0 aromatic carbocycles. The molecule has 1 amide bonds. The zero-order valence-electron chi connectivity index (χ0n) is 9.96. The van der Waals surface area contributed by atoms with Gasteiger partial charge in [-0.15, -0.1) is 0 Å². The highest BCUT2D eigenvalue weighted by Crippen LogP contribution is 1.98. The minimum absolute atomic E-state index is 0.131. The Morgan fingerprint density at radius 1 is 1.20 bits per heavy atom. The summed E-state index contributed by atoms with van der Waals surface area (Å²) in [5.74, 6) is 0.131. The molecule has 15 heavy (non-hydrogen) atoms. The third-order valence-electron chi connectivity index (χ3n) is 2.17. The van der Waals surface area contributed by atoms with Crippen LogP contribution in [-0.2, 0) is 4.79 Å². The van der Waals surface area contributed by atoms with E-state index in [-0.39, 0.29) is 12.5 Å². The number of hydrogen-bond donors (Lipinski definition) is 2. The van der Waals surface area contributed by atoms with Crippen LogP contribution in [0.15, 0.2) is 0 Å². The van der Waals surface area contributed by atoms with Crippen molar-refractivity contribution in [3.63, 3.8) is 0 Å². The third-order valence-corrected chi connectivity index (χ3v) is 2.17. The lowest BCUT2D eigenvalue weighted by molar-refractivity contribution is -0.121. The van der Waals surface area contributed by atoms with Crippen LogP contribution in [0.2, 0.25) is 0 Å². The first-order chi connectivity index (χ1) is 7.16. The summed E-state index contributed by atoms with van der Waals surface area (Å²) in [5.41, 5.74) is 0. The van der Waals surface area contributed by atoms with E-state index >= 15 is 0 Å². The number of amides is 1. The summed E-state index contributed by atoms with van der Waals surface area (Å²) < 4.78 is 0. The summed E-state index contributed by atoms with van der Waals surface area (Å²) in [6, 6.07) is 0. The van der Waals surface area contributed by atoms with Crippen molar-refractivity contribution >= 4 is 5.91 Å². The predicted molar refractivity (Wildman–Crippen MR) is 61.7 cm³/mol. The normalized spacial score (nSPS) is 10.7. The van der Waals surface area contributed by atoms with E-state index in [0.717, 1.165) is 38.8 Å². The number of nitrogens with zero attached hydrogens (tertiary/aromatic N) is 1. The smallest absolute Gasteiger partial charge is 0.219 e. The van der Waals surface area contributed by atoms with Crippen LogP contribution in [0.25, 0.3) is 0 Å². The van der Waals surface area contributed by atoms with Crippen molar-refractivity contribution in [3.8, 4) is 0 Å². The maximum atomic E-state index is 11.3. The van der Waals surface area contributed by atoms with Gasteiger partial charge in [-0.3, -0.25) is 4.79 Å². The zero-order chi connectivity index (χ0) is 11.5. The van der Waals surface area contributed by atoms with Gasteiger partial charge < -0.3 is 15.3 Å². The third kappa shape index (κ3) is 11.3. The highest BCUT2D eigenvalue weighted by molar-refractivity contribution is 5.75. The van der Waals surface area contributed by atoms with Gasteiger partial charge in [0.05, 0.1) is 0 Å². The molecule has 0 aromatic rings. The number of hydrogen-bond acceptors (Lipinski definition) is 3. The van der Waals surface area contributed by atoms with E-state index in [0.29, 0.717) is 6.42 Å². The van der Waals surface area contributed by atoms with Gasteiger partial charge in [-0.05, 0) is 39.9 Å². The maximum absolute atomic E-state index is 11.3. The number of carbonyl (C=O) groups is 1. The molecule has 0 aliphatic rings. The average molecular weight is 216 g/mol. The second-order valence-corrected chi connectivity index (χ2v) is 4.04. The van der Waals surface area contributed by atoms with Crippen molar-refractivity contribution in [3.05, 3.63) is 0 Å². The summed E-state index contributed by atoms with van der Waals surface area (Å²) >= 11 is 0. The fourth-order valence-electron chi connectivity index (χ4n) is 1.29. The molecule has 0 rings (SSSR count). The van der Waals surface area contributed by atoms with Crippen molar-refractivity contribution in [2.45, 2.75) is 32.1 Å². The van der Waals surface area contributed by atoms with Crippen LogP contribution in [0.4, 0.5) is 0 Å². The molecule has 90 valence electrons. The summed E-state index contributed by atoms with van der Waals surface area (Å²) in [6.45, 7) is 1.99. The minimum Gasteiger partial charge on any atom is -0.396 e. The van der Waals surface area contributed by atoms with Gasteiger partial charge in [0.15, 0.2) is 0 Å². The van der Waals surface area contributed by atoms with Crippen LogP contribution in [0.3, 0.4) is 0 Å². The van der Waals surface area contributed by atoms with E-state index in [4.69, 9.17) is 5.11 Å². The monoisotopic (exact) mass is 216 g/mol. The van der Waals surface area contributed by atoms with Crippen LogP contribution in [0.5, 0.6) is 0 Å². The SMILES string of the molecule is CN(C)CCCNC(=O)CCCCCO. The fourth-order valence-corrected chi connectivity index (χ4v) is 1.29. The molecule has 4 heteroatoms. The topological polar surface area (TPSA) is 52.6 Å². The molecular formula is C11H24N2O2. The van der Waals surface area contributed by atoms with Gasteiger partial charge in [0.25, 0.3) is 0 Å². The maximum Gasteiger partial charge on any atom is 0.219 e. The number of aliphatic hydroxyl groups is 1. The first kappa shape index (κ1) is 14.4. The molecule has 0 radical (unpaired) electrons. The molecule has 0 saturated heterocycles. The number of aliphatic hydroxyl groups excluding tert-OH is 1. The quantitative estimate of drug-likeness (QED) is 0.555. The van der Waals surface area contributed by atoms with Crippen LogP contribution >= 0.6 is 0 Å². The highest BCUT2D eigenvalue weighted by Gasteiger charge is 1.99. The van der Waals surface area contributed by atoms with E-state index in [1.807, 2.05) is 14.1 Å². The van der Waals surface area contributed by atoms with Gasteiger partial charge in [0, 0.05) is 19.6 Å². The van der Waals surface area contributed by atoms with Crippen molar-refractivity contribution in [2.24, 2.45) is 0 Å². The lowest BCUT2D eigenvalue weighted by atomic mass is 10.2. The Kier molecular flexibility index (Phi) is 9.52. The summed E-state index contributed by atoms with van der Waals surface area (Å²) in [6.07, 6.45) is 4.19. The van der Waals surface area contributed by atoms with Crippen LogP contribution in [0, 0.1) is 0 Å². The molecule has 2 N–H and O–H groups in total. The molecule has 0 aliphatic heterocycles. The Morgan fingerprint density at radius 3 is 2.53 bits per heavy atom. The Hall–Kier alpha value is -0.610. The highest BCUT2D eigenvalue weighted by atomic mass is 16.2. The summed E-state index contributed by atoms with van der Waals surface area (Å²) in [4.78, 5) is 13.4. The second kappa shape index (κ2) is 9.93. The zero-order valence-corrected chi connectivity index (χ0v) is 9.96. The van der Waals surface area contributed by atoms with Gasteiger partial charge in [-0.1, -0.05) is 6.42 Å². The lowest BCUT2D eigenvalue weighted by Crippen LogP contribution is -2.26. The van der Waals surface area contributed by atoms with Crippen LogP contribution in [-0.4, -0.2) is 49.7 Å². The molecule has 0 unspecified atom stereocenters. The van der Waals surface area contributed by atoms with Crippen LogP contribution in [0.1, 0.15) is 32.1 Å². The fraction of sp³-hybridized carbons (Fsp3) is 0.909. The van der Waals surface area contributed by atoms with E-state index in [1.165, 1.54) is 0 Å². The van der Waals surface area contributed by atoms with E-state index in [9.17, 15) is 4.79 Å². The van der Waals surface area contributed by atoms with Crippen molar-refractivity contribution in [1.29, 1.82) is 0 Å². The lowest BCUT2D eigenvalue weighted by Gasteiger charge is -2.09. The van der Waals surface area contributed by atoms with Crippen molar-refractivity contribution in [2.75, 3.05) is 33.8 Å². The second-order valence-electron chi connectivity index (χ2n) is 4.04. The number of rotatable bonds is 9. The molecule has 0 aliphatic carbocycles. The number of unbranched alkanes of at least 4 members (excludes halogenated alkanes) is 2. The van der Waals surface area contributed by atoms with Gasteiger partial charge >= 0.3 is 0 Å². The molecule has 0 saturated carbocycles. The largest absolute Gasteiger partial charge is 0.396 e. The van der Waals surface area contributed by atoms with Crippen LogP contribution < -0.4 is 5.32 Å². The van der Waals surface area contributed by atoms with Gasteiger partial charge in [-0.25, -0.2) is 0 Å². The first-order valence-corrected chi connectivity index (χ1v) is 5.69. The van der Waals surface area contributed by atoms with Crippen molar-refractivity contribution in [1.82, 2.24) is 10.2 Å². The molecule has 0 bridgehead atoms. The molecule has 0 atom stereocenters. The minimum atomic E-state index is 0.131. The summed E-state index contributed by atoms with van der Waals surface area (Å²) in [5, 5.41) is 11.4. The summed E-state index contributed by atoms with van der Waals surface area (Å²) in [7, 11) is 4.05. The Balaban J connectivity index is 3.19. The van der Waals surface area contributed by atoms with E-state index in [1.54, 1.807) is 0 Å². The van der Waals surface area contributed by atoms with E-state index < -0.39 is 0 Å². The molecular weight excluding hydrogens is 192 g/mol. The van der Waals surface area contributed by atoms with Gasteiger partial charge in [0.1, 0.15) is 0 Å². The van der Waals surface area contributed by atoms with E-state index in [2.05, 4.69) is 10.2 Å². The first-order valence-electron chi connectivity index (χ1n) is 5.69. The Labute approximate surface area is 92.7 Å². The van der Waals surface area contributed by atoms with Crippen molar-refractivity contribution < 1.29 is 9.90 Å². The average Bonchev–Trinajstić information content (AvgIpc) is 2.19. The molecule has 0 spiro atoms. The molecule has 0 fully saturated rings.